The van der Waals surface area contributed by atoms with Gasteiger partial charge in [0.15, 0.2) is 0 Å². The van der Waals surface area contributed by atoms with Crippen molar-refractivity contribution >= 4 is 0 Å². The van der Waals surface area contributed by atoms with E-state index in [1.807, 2.05) is 6.07 Å². The molecule has 0 bridgehead atoms. The molecular weight excluding hydrogens is 255 g/mol. The Hall–Kier alpha value is -1.44. The minimum Gasteiger partial charge on any atom is -0.375 e. The lowest BCUT2D eigenvalue weighted by atomic mass is 9.92. The number of hydrogen-bond donors (Lipinski definition) is 1. The summed E-state index contributed by atoms with van der Waals surface area (Å²) in [6.45, 7) is 0.615. The van der Waals surface area contributed by atoms with E-state index in [1.54, 1.807) is 12.1 Å². The summed E-state index contributed by atoms with van der Waals surface area (Å²) >= 11 is 0. The van der Waals surface area contributed by atoms with Crippen molar-refractivity contribution < 1.29 is 9.13 Å². The monoisotopic (exact) mass is 276 g/mol. The van der Waals surface area contributed by atoms with Crippen LogP contribution in [0, 0.1) is 17.1 Å². The standard InChI is InChI=1S/C16H21FN2O/c17-15-13(10-18)6-5-7-14(15)11-20-12-16(19)8-3-1-2-4-9-16/h5-7H,1-4,8-9,11-12,19H2. The molecule has 2 N–H and O–H groups in total. The lowest BCUT2D eigenvalue weighted by Crippen LogP contribution is -2.43. The van der Waals surface area contributed by atoms with Gasteiger partial charge in [-0.3, -0.25) is 0 Å². The highest BCUT2D eigenvalue weighted by molar-refractivity contribution is 5.34. The first-order chi connectivity index (χ1) is 9.64. The van der Waals surface area contributed by atoms with E-state index in [-0.39, 0.29) is 17.7 Å². The summed E-state index contributed by atoms with van der Waals surface area (Å²) in [5.41, 5.74) is 6.54. The molecule has 0 amide bonds. The number of hydrogen-bond acceptors (Lipinski definition) is 3. The van der Waals surface area contributed by atoms with Gasteiger partial charge >= 0.3 is 0 Å². The summed E-state index contributed by atoms with van der Waals surface area (Å²) in [6, 6.07) is 6.62. The van der Waals surface area contributed by atoms with E-state index in [1.165, 1.54) is 18.9 Å². The van der Waals surface area contributed by atoms with Crippen LogP contribution >= 0.6 is 0 Å². The molecule has 1 aromatic carbocycles. The molecule has 1 aliphatic carbocycles. The summed E-state index contributed by atoms with van der Waals surface area (Å²) in [7, 11) is 0. The zero-order valence-corrected chi connectivity index (χ0v) is 11.7. The molecule has 0 heterocycles. The molecule has 0 aliphatic heterocycles. The van der Waals surface area contributed by atoms with Crippen molar-refractivity contribution in [3.63, 3.8) is 0 Å². The predicted molar refractivity (Wildman–Crippen MR) is 75.4 cm³/mol. The highest BCUT2D eigenvalue weighted by atomic mass is 19.1. The molecule has 20 heavy (non-hydrogen) atoms. The average molecular weight is 276 g/mol. The second kappa shape index (κ2) is 6.83. The Labute approximate surface area is 119 Å². The first kappa shape index (κ1) is 15.0. The molecule has 1 aromatic rings. The molecule has 0 radical (unpaired) electrons. The molecule has 2 rings (SSSR count). The topological polar surface area (TPSA) is 59.0 Å². The molecule has 0 saturated heterocycles. The molecule has 3 nitrogen and oxygen atoms in total. The SMILES string of the molecule is N#Cc1cccc(COCC2(N)CCCCCC2)c1F. The summed E-state index contributed by atoms with van der Waals surface area (Å²) in [6.07, 6.45) is 6.67. The van der Waals surface area contributed by atoms with Crippen molar-refractivity contribution in [2.75, 3.05) is 6.61 Å². The van der Waals surface area contributed by atoms with Crippen LogP contribution in [-0.2, 0) is 11.3 Å². The first-order valence-corrected chi connectivity index (χ1v) is 7.19. The summed E-state index contributed by atoms with van der Waals surface area (Å²) < 4.78 is 19.5. The van der Waals surface area contributed by atoms with E-state index in [4.69, 9.17) is 15.7 Å². The molecule has 1 aliphatic rings. The first-order valence-electron chi connectivity index (χ1n) is 7.19. The Balaban J connectivity index is 1.91. The fourth-order valence-electron chi connectivity index (χ4n) is 2.72. The fourth-order valence-corrected chi connectivity index (χ4v) is 2.72. The van der Waals surface area contributed by atoms with Crippen LogP contribution in [0.2, 0.25) is 0 Å². The summed E-state index contributed by atoms with van der Waals surface area (Å²) in [5, 5.41) is 8.79. The van der Waals surface area contributed by atoms with E-state index >= 15 is 0 Å². The van der Waals surface area contributed by atoms with Crippen LogP contribution in [0.25, 0.3) is 0 Å². The molecule has 0 atom stereocenters. The van der Waals surface area contributed by atoms with Gasteiger partial charge in [0.2, 0.25) is 0 Å². The number of nitrogens with two attached hydrogens (primary N) is 1. The highest BCUT2D eigenvalue weighted by Gasteiger charge is 2.26. The van der Waals surface area contributed by atoms with Crippen LogP contribution in [0.5, 0.6) is 0 Å². The third kappa shape index (κ3) is 3.78. The Morgan fingerprint density at radius 1 is 1.25 bits per heavy atom. The third-order valence-electron chi connectivity index (χ3n) is 3.95. The largest absolute Gasteiger partial charge is 0.375 e. The van der Waals surface area contributed by atoms with E-state index in [0.29, 0.717) is 12.2 Å². The van der Waals surface area contributed by atoms with E-state index in [9.17, 15) is 4.39 Å². The quantitative estimate of drug-likeness (QED) is 0.859. The second-order valence-corrected chi connectivity index (χ2v) is 5.66. The molecule has 4 heteroatoms. The molecule has 0 aromatic heterocycles. The lowest BCUT2D eigenvalue weighted by molar-refractivity contribution is 0.0651. The van der Waals surface area contributed by atoms with Gasteiger partial charge in [0.1, 0.15) is 11.9 Å². The number of nitriles is 1. The Morgan fingerprint density at radius 2 is 1.95 bits per heavy atom. The van der Waals surface area contributed by atoms with Crippen molar-refractivity contribution in [2.24, 2.45) is 5.73 Å². The third-order valence-corrected chi connectivity index (χ3v) is 3.95. The number of rotatable bonds is 4. The minimum atomic E-state index is -0.484. The zero-order chi connectivity index (χ0) is 14.4. The van der Waals surface area contributed by atoms with Crippen LogP contribution in [0.4, 0.5) is 4.39 Å². The Bertz CT molecular complexity index is 488. The van der Waals surface area contributed by atoms with Crippen LogP contribution in [-0.4, -0.2) is 12.1 Å². The van der Waals surface area contributed by atoms with Crippen molar-refractivity contribution in [1.82, 2.24) is 0 Å². The molecule has 1 fully saturated rings. The van der Waals surface area contributed by atoms with Crippen LogP contribution < -0.4 is 5.73 Å². The van der Waals surface area contributed by atoms with Gasteiger partial charge in [0.05, 0.1) is 18.8 Å². The van der Waals surface area contributed by atoms with Gasteiger partial charge in [-0.25, -0.2) is 4.39 Å². The van der Waals surface area contributed by atoms with Crippen LogP contribution in [0.3, 0.4) is 0 Å². The maximum absolute atomic E-state index is 13.9. The number of benzene rings is 1. The lowest BCUT2D eigenvalue weighted by Gasteiger charge is -2.27. The van der Waals surface area contributed by atoms with Crippen LogP contribution in [0.1, 0.15) is 49.7 Å². The Kier molecular flexibility index (Phi) is 5.11. The molecule has 1 saturated carbocycles. The summed E-state index contributed by atoms with van der Waals surface area (Å²) in [5.74, 6) is -0.484. The van der Waals surface area contributed by atoms with E-state index in [0.717, 1.165) is 25.7 Å². The number of ether oxygens (including phenoxy) is 1. The number of halogens is 1. The van der Waals surface area contributed by atoms with E-state index in [2.05, 4.69) is 0 Å². The van der Waals surface area contributed by atoms with Gasteiger partial charge < -0.3 is 10.5 Å². The highest BCUT2D eigenvalue weighted by Crippen LogP contribution is 2.25. The van der Waals surface area contributed by atoms with E-state index < -0.39 is 5.82 Å². The van der Waals surface area contributed by atoms with Gasteiger partial charge in [0.25, 0.3) is 0 Å². The maximum atomic E-state index is 13.9. The minimum absolute atomic E-state index is 0.0584. The van der Waals surface area contributed by atoms with Crippen molar-refractivity contribution in [1.29, 1.82) is 5.26 Å². The van der Waals surface area contributed by atoms with Crippen molar-refractivity contribution in [2.45, 2.75) is 50.7 Å². The van der Waals surface area contributed by atoms with Gasteiger partial charge in [-0.15, -0.1) is 0 Å². The van der Waals surface area contributed by atoms with Gasteiger partial charge in [-0.05, 0) is 18.9 Å². The number of nitrogens with zero attached hydrogens (tertiary/aromatic N) is 1. The van der Waals surface area contributed by atoms with Crippen LogP contribution in [0.15, 0.2) is 18.2 Å². The normalized spacial score (nSPS) is 18.2. The maximum Gasteiger partial charge on any atom is 0.146 e. The zero-order valence-electron chi connectivity index (χ0n) is 11.7. The van der Waals surface area contributed by atoms with Gasteiger partial charge in [-0.2, -0.15) is 5.26 Å². The smallest absolute Gasteiger partial charge is 0.146 e. The summed E-state index contributed by atoms with van der Waals surface area (Å²) in [4.78, 5) is 0. The second-order valence-electron chi connectivity index (χ2n) is 5.66. The predicted octanol–water partition coefficient (Wildman–Crippen LogP) is 3.27. The average Bonchev–Trinajstić information content (AvgIpc) is 2.66. The molecule has 0 spiro atoms. The van der Waals surface area contributed by atoms with Gasteiger partial charge in [-0.1, -0.05) is 37.8 Å². The van der Waals surface area contributed by atoms with Crippen molar-refractivity contribution in [3.05, 3.63) is 35.1 Å². The van der Waals surface area contributed by atoms with Crippen molar-refractivity contribution in [3.8, 4) is 6.07 Å². The molecule has 0 unspecified atom stereocenters. The molecule has 108 valence electrons. The molecular formula is C16H21FN2O. The Morgan fingerprint density at radius 3 is 2.60 bits per heavy atom. The fraction of sp³-hybridized carbons (Fsp3) is 0.562. The van der Waals surface area contributed by atoms with Gasteiger partial charge in [0, 0.05) is 11.1 Å².